The van der Waals surface area contributed by atoms with Crippen molar-refractivity contribution in [3.05, 3.63) is 69.9 Å². The number of hydrogen-bond donors (Lipinski definition) is 1. The van der Waals surface area contributed by atoms with Gasteiger partial charge in [0.2, 0.25) is 10.0 Å². The zero-order chi connectivity index (χ0) is 22.8. The maximum atomic E-state index is 13.5. The van der Waals surface area contributed by atoms with E-state index in [4.69, 9.17) is 0 Å². The summed E-state index contributed by atoms with van der Waals surface area (Å²) in [6.07, 6.45) is 2.81. The molecule has 1 fully saturated rings. The van der Waals surface area contributed by atoms with Gasteiger partial charge in [-0.15, -0.1) is 0 Å². The standard InChI is InChI=1S/C25H25N3O3S/c1-25(2)20-13-17(16-8-10-28(11-9-16)32(3,30)31)5-7-18(20)23(29)22-19-6-4-15(14-26)12-21(19)27-24(22)25/h4-7,12-13,16,27H,8-11H2,1-3H3. The first-order valence-corrected chi connectivity index (χ1v) is 12.7. The predicted molar refractivity (Wildman–Crippen MR) is 123 cm³/mol. The molecule has 1 saturated heterocycles. The first kappa shape index (κ1) is 20.9. The second kappa shape index (κ2) is 7.03. The highest BCUT2D eigenvalue weighted by atomic mass is 32.2. The van der Waals surface area contributed by atoms with E-state index >= 15 is 0 Å². The van der Waals surface area contributed by atoms with Crippen molar-refractivity contribution in [3.8, 4) is 6.07 Å². The van der Waals surface area contributed by atoms with Crippen LogP contribution in [-0.4, -0.2) is 42.8 Å². The lowest BCUT2D eigenvalue weighted by molar-refractivity contribution is 0.103. The van der Waals surface area contributed by atoms with Gasteiger partial charge in [-0.1, -0.05) is 38.1 Å². The van der Waals surface area contributed by atoms with Crippen molar-refractivity contribution in [2.45, 2.75) is 38.0 Å². The van der Waals surface area contributed by atoms with E-state index in [1.807, 2.05) is 18.2 Å². The van der Waals surface area contributed by atoms with Crippen LogP contribution in [0.1, 0.15) is 70.9 Å². The van der Waals surface area contributed by atoms with Crippen LogP contribution in [0.25, 0.3) is 10.9 Å². The average Bonchev–Trinajstić information content (AvgIpc) is 3.17. The lowest BCUT2D eigenvalue weighted by atomic mass is 9.70. The van der Waals surface area contributed by atoms with Gasteiger partial charge in [0, 0.05) is 40.7 Å². The Morgan fingerprint density at radius 1 is 1.12 bits per heavy atom. The molecule has 2 aliphatic rings. The summed E-state index contributed by atoms with van der Waals surface area (Å²) < 4.78 is 25.2. The summed E-state index contributed by atoms with van der Waals surface area (Å²) in [5.74, 6) is 0.273. The summed E-state index contributed by atoms with van der Waals surface area (Å²) in [5.41, 5.74) is 5.38. The third kappa shape index (κ3) is 3.09. The number of benzene rings is 2. The van der Waals surface area contributed by atoms with Gasteiger partial charge in [0.15, 0.2) is 5.78 Å². The van der Waals surface area contributed by atoms with Gasteiger partial charge >= 0.3 is 0 Å². The summed E-state index contributed by atoms with van der Waals surface area (Å²) in [7, 11) is -3.16. The molecule has 1 aromatic heterocycles. The minimum Gasteiger partial charge on any atom is -0.357 e. The summed E-state index contributed by atoms with van der Waals surface area (Å²) in [6, 6.07) is 13.7. The van der Waals surface area contributed by atoms with Crippen molar-refractivity contribution in [2.24, 2.45) is 0 Å². The van der Waals surface area contributed by atoms with Crippen molar-refractivity contribution in [2.75, 3.05) is 19.3 Å². The number of aromatic amines is 1. The van der Waals surface area contributed by atoms with E-state index in [0.29, 0.717) is 29.8 Å². The molecule has 0 radical (unpaired) electrons. The fourth-order valence-electron chi connectivity index (χ4n) is 5.29. The molecule has 32 heavy (non-hydrogen) atoms. The molecule has 7 heteroatoms. The molecule has 2 heterocycles. The molecule has 1 aliphatic carbocycles. The predicted octanol–water partition coefficient (Wildman–Crippen LogP) is 4.05. The largest absolute Gasteiger partial charge is 0.357 e. The van der Waals surface area contributed by atoms with Crippen LogP contribution in [0.5, 0.6) is 0 Å². The Bertz CT molecular complexity index is 1420. The fourth-order valence-corrected chi connectivity index (χ4v) is 6.17. The van der Waals surface area contributed by atoms with Crippen LogP contribution < -0.4 is 0 Å². The highest BCUT2D eigenvalue weighted by Gasteiger charge is 2.40. The van der Waals surface area contributed by atoms with Crippen molar-refractivity contribution in [3.63, 3.8) is 0 Å². The number of fused-ring (bicyclic) bond motifs is 4. The molecule has 0 saturated carbocycles. The van der Waals surface area contributed by atoms with Gasteiger partial charge in [-0.25, -0.2) is 12.7 Å². The second-order valence-electron chi connectivity index (χ2n) is 9.44. The quantitative estimate of drug-likeness (QED) is 0.641. The van der Waals surface area contributed by atoms with Crippen molar-refractivity contribution < 1.29 is 13.2 Å². The van der Waals surface area contributed by atoms with Gasteiger partial charge in [-0.05, 0) is 42.0 Å². The molecular weight excluding hydrogens is 422 g/mol. The van der Waals surface area contributed by atoms with Gasteiger partial charge in [0.25, 0.3) is 0 Å². The molecule has 1 N–H and O–H groups in total. The fraction of sp³-hybridized carbons (Fsp3) is 0.360. The topological polar surface area (TPSA) is 94.0 Å². The van der Waals surface area contributed by atoms with Gasteiger partial charge < -0.3 is 4.98 Å². The molecule has 0 unspecified atom stereocenters. The summed E-state index contributed by atoms with van der Waals surface area (Å²) in [6.45, 7) is 5.29. The normalized spacial score (nSPS) is 18.9. The molecule has 1 aliphatic heterocycles. The third-order valence-electron chi connectivity index (χ3n) is 7.14. The molecule has 0 spiro atoms. The Balaban J connectivity index is 1.56. The Labute approximate surface area is 187 Å². The highest BCUT2D eigenvalue weighted by Crippen LogP contribution is 2.45. The smallest absolute Gasteiger partial charge is 0.211 e. The Hall–Kier alpha value is -2.95. The first-order valence-electron chi connectivity index (χ1n) is 10.8. The maximum Gasteiger partial charge on any atom is 0.211 e. The number of nitrogens with zero attached hydrogens (tertiary/aromatic N) is 2. The van der Waals surface area contributed by atoms with Crippen LogP contribution >= 0.6 is 0 Å². The number of hydrogen-bond acceptors (Lipinski definition) is 4. The number of ketones is 1. The van der Waals surface area contributed by atoms with Crippen LogP contribution in [0.15, 0.2) is 36.4 Å². The Kier molecular flexibility index (Phi) is 4.59. The van der Waals surface area contributed by atoms with E-state index in [1.54, 1.807) is 16.4 Å². The highest BCUT2D eigenvalue weighted by molar-refractivity contribution is 7.88. The minimum absolute atomic E-state index is 0.00345. The summed E-state index contributed by atoms with van der Waals surface area (Å²) in [4.78, 5) is 16.9. The Morgan fingerprint density at radius 2 is 1.84 bits per heavy atom. The van der Waals surface area contributed by atoms with Crippen molar-refractivity contribution in [1.82, 2.24) is 9.29 Å². The number of carbonyl (C=O) groups excluding carboxylic acids is 1. The molecule has 164 valence electrons. The maximum absolute atomic E-state index is 13.5. The zero-order valence-corrected chi connectivity index (χ0v) is 19.2. The van der Waals surface area contributed by atoms with Crippen LogP contribution in [-0.2, 0) is 15.4 Å². The van der Waals surface area contributed by atoms with Crippen LogP contribution in [0.2, 0.25) is 0 Å². The molecule has 0 atom stereocenters. The van der Waals surface area contributed by atoms with Crippen LogP contribution in [0, 0.1) is 11.3 Å². The second-order valence-corrected chi connectivity index (χ2v) is 11.4. The van der Waals surface area contributed by atoms with Crippen molar-refractivity contribution in [1.29, 1.82) is 5.26 Å². The molecule has 5 rings (SSSR count). The lowest BCUT2D eigenvalue weighted by Crippen LogP contribution is -2.37. The SMILES string of the molecule is CC1(C)c2cc(C3CCN(S(C)(=O)=O)CC3)ccc2C(=O)c2c1[nH]c1cc(C#N)ccc21. The average molecular weight is 448 g/mol. The van der Waals surface area contributed by atoms with Crippen LogP contribution in [0.4, 0.5) is 0 Å². The van der Waals surface area contributed by atoms with E-state index in [2.05, 4.69) is 31.0 Å². The van der Waals surface area contributed by atoms with E-state index in [-0.39, 0.29) is 11.7 Å². The number of aromatic nitrogens is 1. The van der Waals surface area contributed by atoms with Gasteiger partial charge in [-0.2, -0.15) is 5.26 Å². The number of H-pyrrole nitrogens is 1. The molecular formula is C25H25N3O3S. The summed E-state index contributed by atoms with van der Waals surface area (Å²) in [5, 5.41) is 10.1. The van der Waals surface area contributed by atoms with E-state index < -0.39 is 15.4 Å². The summed E-state index contributed by atoms with van der Waals surface area (Å²) >= 11 is 0. The third-order valence-corrected chi connectivity index (χ3v) is 8.44. The van der Waals surface area contributed by atoms with Gasteiger partial charge in [0.1, 0.15) is 0 Å². The molecule has 0 bridgehead atoms. The molecule has 2 aromatic carbocycles. The number of sulfonamides is 1. The molecule has 3 aromatic rings. The van der Waals surface area contributed by atoms with E-state index in [0.717, 1.165) is 40.6 Å². The van der Waals surface area contributed by atoms with Crippen LogP contribution in [0.3, 0.4) is 0 Å². The number of rotatable bonds is 2. The number of nitriles is 1. The molecule has 0 amide bonds. The monoisotopic (exact) mass is 447 g/mol. The van der Waals surface area contributed by atoms with E-state index in [9.17, 15) is 18.5 Å². The zero-order valence-electron chi connectivity index (χ0n) is 18.4. The van der Waals surface area contributed by atoms with Gasteiger partial charge in [0.05, 0.1) is 23.5 Å². The number of carbonyl (C=O) groups is 1. The number of nitrogens with one attached hydrogen (secondary N) is 1. The van der Waals surface area contributed by atoms with Gasteiger partial charge in [-0.3, -0.25) is 4.79 Å². The first-order chi connectivity index (χ1) is 15.1. The minimum atomic E-state index is -3.16. The van der Waals surface area contributed by atoms with Crippen molar-refractivity contribution >= 4 is 26.7 Å². The number of piperidine rings is 1. The molecule has 6 nitrogen and oxygen atoms in total. The van der Waals surface area contributed by atoms with E-state index in [1.165, 1.54) is 6.26 Å². The Morgan fingerprint density at radius 3 is 2.50 bits per heavy atom. The lowest BCUT2D eigenvalue weighted by Gasteiger charge is -2.34.